The lowest BCUT2D eigenvalue weighted by Gasteiger charge is -2.10. The van der Waals surface area contributed by atoms with E-state index >= 15 is 0 Å². The van der Waals surface area contributed by atoms with Crippen molar-refractivity contribution in [3.05, 3.63) is 59.8 Å². The number of benzene rings is 2. The molecule has 0 N–H and O–H groups in total. The highest BCUT2D eigenvalue weighted by Crippen LogP contribution is 2.26. The number of alkyl halides is 3. The third-order valence-corrected chi connectivity index (χ3v) is 3.73. The molecule has 0 radical (unpaired) electrons. The molecule has 3 rings (SSSR count). The smallest absolute Gasteiger partial charge is 0.497 e. The number of aryl methyl sites for hydroxylation is 1. The Morgan fingerprint density at radius 1 is 1.00 bits per heavy atom. The molecule has 0 bridgehead atoms. The molecule has 0 aliphatic rings. The van der Waals surface area contributed by atoms with Crippen molar-refractivity contribution in [3.8, 4) is 11.5 Å². The summed E-state index contributed by atoms with van der Waals surface area (Å²) in [7, 11) is 1.56. The summed E-state index contributed by atoms with van der Waals surface area (Å²) in [6, 6.07) is 12.0. The monoisotopic (exact) mass is 349 g/mol. The third-order valence-electron chi connectivity index (χ3n) is 3.73. The van der Waals surface area contributed by atoms with Crippen molar-refractivity contribution in [1.82, 2.24) is 4.57 Å². The maximum absolute atomic E-state index is 12.8. The molecule has 0 fully saturated rings. The normalized spacial score (nSPS) is 11.6. The molecule has 0 unspecified atom stereocenters. The first-order chi connectivity index (χ1) is 11.8. The number of rotatable bonds is 3. The van der Waals surface area contributed by atoms with Gasteiger partial charge in [0.1, 0.15) is 11.5 Å². The summed E-state index contributed by atoms with van der Waals surface area (Å²) < 4.78 is 47.1. The molecule has 130 valence electrons. The Hall–Kier alpha value is -2.96. The van der Waals surface area contributed by atoms with Gasteiger partial charge in [0.05, 0.1) is 12.6 Å². The fourth-order valence-corrected chi connectivity index (χ4v) is 2.66. The minimum Gasteiger partial charge on any atom is -0.497 e. The van der Waals surface area contributed by atoms with Gasteiger partial charge >= 0.3 is 6.36 Å². The molecule has 2 aromatic carbocycles. The maximum atomic E-state index is 12.8. The van der Waals surface area contributed by atoms with Crippen LogP contribution in [0.5, 0.6) is 11.5 Å². The molecule has 1 heterocycles. The zero-order valence-electron chi connectivity index (χ0n) is 13.4. The highest BCUT2D eigenvalue weighted by Gasteiger charge is 2.31. The predicted molar refractivity (Wildman–Crippen MR) is 86.1 cm³/mol. The van der Waals surface area contributed by atoms with Crippen molar-refractivity contribution in [2.45, 2.75) is 13.3 Å². The molecule has 0 spiro atoms. The van der Waals surface area contributed by atoms with Gasteiger partial charge in [0.2, 0.25) is 0 Å². The van der Waals surface area contributed by atoms with E-state index in [0.29, 0.717) is 17.0 Å². The van der Waals surface area contributed by atoms with E-state index < -0.39 is 6.36 Å². The second-order valence-electron chi connectivity index (χ2n) is 5.42. The number of carbonyl (C=O) groups is 1. The Morgan fingerprint density at radius 3 is 2.24 bits per heavy atom. The van der Waals surface area contributed by atoms with Crippen LogP contribution in [0.1, 0.15) is 16.1 Å². The van der Waals surface area contributed by atoms with E-state index in [9.17, 15) is 18.0 Å². The molecule has 0 saturated heterocycles. The molecule has 1 aromatic heterocycles. The molecule has 0 aliphatic carbocycles. The molecule has 3 aromatic rings. The maximum Gasteiger partial charge on any atom is 0.573 e. The highest BCUT2D eigenvalue weighted by atomic mass is 19.4. The molecular weight excluding hydrogens is 335 g/mol. The topological polar surface area (TPSA) is 40.5 Å². The van der Waals surface area contributed by atoms with Crippen LogP contribution < -0.4 is 9.47 Å². The fourth-order valence-electron chi connectivity index (χ4n) is 2.66. The number of carbonyl (C=O) groups excluding carboxylic acids is 1. The van der Waals surface area contributed by atoms with E-state index in [2.05, 4.69) is 4.74 Å². The first-order valence-corrected chi connectivity index (χ1v) is 7.35. The highest BCUT2D eigenvalue weighted by molar-refractivity contribution is 6.03. The van der Waals surface area contributed by atoms with Crippen LogP contribution in [-0.2, 0) is 0 Å². The predicted octanol–water partition coefficient (Wildman–Crippen LogP) is 4.55. The lowest BCUT2D eigenvalue weighted by atomic mass is 10.2. The van der Waals surface area contributed by atoms with Crippen molar-refractivity contribution in [1.29, 1.82) is 0 Å². The van der Waals surface area contributed by atoms with E-state index in [4.69, 9.17) is 4.74 Å². The van der Waals surface area contributed by atoms with Gasteiger partial charge < -0.3 is 9.47 Å². The van der Waals surface area contributed by atoms with E-state index in [-0.39, 0.29) is 17.2 Å². The second kappa shape index (κ2) is 6.16. The summed E-state index contributed by atoms with van der Waals surface area (Å²) in [5.74, 6) is -0.0372. The lowest BCUT2D eigenvalue weighted by Crippen LogP contribution is -2.17. The van der Waals surface area contributed by atoms with Gasteiger partial charge in [0.25, 0.3) is 5.91 Å². The van der Waals surface area contributed by atoms with Gasteiger partial charge in [-0.05, 0) is 55.5 Å². The first-order valence-electron chi connectivity index (χ1n) is 7.35. The standard InChI is InChI=1S/C18H14F3NO3/c1-11-9-13-10-15(24-2)7-8-16(13)22(11)17(23)12-3-5-14(6-4-12)25-18(19,20)21/h3-10H,1-2H3. The number of nitrogens with zero attached hydrogens (tertiary/aromatic N) is 1. The third kappa shape index (κ3) is 3.45. The minimum atomic E-state index is -4.77. The quantitative estimate of drug-likeness (QED) is 0.697. The summed E-state index contributed by atoms with van der Waals surface area (Å²) in [6.07, 6.45) is -4.77. The summed E-state index contributed by atoms with van der Waals surface area (Å²) >= 11 is 0. The van der Waals surface area contributed by atoms with Crippen LogP contribution in [0.25, 0.3) is 10.9 Å². The zero-order valence-corrected chi connectivity index (χ0v) is 13.4. The molecule has 25 heavy (non-hydrogen) atoms. The average Bonchev–Trinajstić information content (AvgIpc) is 2.88. The largest absolute Gasteiger partial charge is 0.573 e. The second-order valence-corrected chi connectivity index (χ2v) is 5.42. The molecule has 0 aliphatic heterocycles. The van der Waals surface area contributed by atoms with Crippen molar-refractivity contribution in [2.75, 3.05) is 7.11 Å². The van der Waals surface area contributed by atoms with Crippen molar-refractivity contribution in [3.63, 3.8) is 0 Å². The average molecular weight is 349 g/mol. The van der Waals surface area contributed by atoms with Gasteiger partial charge in [-0.15, -0.1) is 13.2 Å². The molecule has 7 heteroatoms. The summed E-state index contributed by atoms with van der Waals surface area (Å²) in [5, 5.41) is 0.835. The van der Waals surface area contributed by atoms with Crippen LogP contribution >= 0.6 is 0 Å². The van der Waals surface area contributed by atoms with Crippen LogP contribution in [0.4, 0.5) is 13.2 Å². The van der Waals surface area contributed by atoms with Crippen molar-refractivity contribution < 1.29 is 27.4 Å². The number of halogens is 3. The van der Waals surface area contributed by atoms with Crippen LogP contribution in [0.2, 0.25) is 0 Å². The van der Waals surface area contributed by atoms with E-state index in [0.717, 1.165) is 17.5 Å². The van der Waals surface area contributed by atoms with Crippen LogP contribution in [0, 0.1) is 6.92 Å². The number of hydrogen-bond acceptors (Lipinski definition) is 3. The molecule has 0 saturated carbocycles. The molecular formula is C18H14F3NO3. The van der Waals surface area contributed by atoms with Gasteiger partial charge in [0, 0.05) is 16.6 Å². The van der Waals surface area contributed by atoms with Crippen molar-refractivity contribution >= 4 is 16.8 Å². The molecule has 0 atom stereocenters. The number of hydrogen-bond donors (Lipinski definition) is 0. The lowest BCUT2D eigenvalue weighted by molar-refractivity contribution is -0.274. The Balaban J connectivity index is 1.95. The number of aromatic nitrogens is 1. The SMILES string of the molecule is COc1ccc2c(c1)cc(C)n2C(=O)c1ccc(OC(F)(F)F)cc1. The summed E-state index contributed by atoms with van der Waals surface area (Å²) in [4.78, 5) is 12.8. The zero-order chi connectivity index (χ0) is 18.2. The Labute approximate surface area is 141 Å². The fraction of sp³-hybridized carbons (Fsp3) is 0.167. The summed E-state index contributed by atoms with van der Waals surface area (Å²) in [6.45, 7) is 1.78. The molecule has 4 nitrogen and oxygen atoms in total. The van der Waals surface area contributed by atoms with Crippen LogP contribution in [0.3, 0.4) is 0 Å². The Morgan fingerprint density at radius 2 is 1.64 bits per heavy atom. The van der Waals surface area contributed by atoms with Gasteiger partial charge in [-0.3, -0.25) is 9.36 Å². The van der Waals surface area contributed by atoms with Gasteiger partial charge in [-0.1, -0.05) is 0 Å². The van der Waals surface area contributed by atoms with Gasteiger partial charge in [0.15, 0.2) is 0 Å². The number of fused-ring (bicyclic) bond motifs is 1. The Kier molecular flexibility index (Phi) is 4.16. The number of ether oxygens (including phenoxy) is 2. The summed E-state index contributed by atoms with van der Waals surface area (Å²) in [5.41, 5.74) is 1.66. The Bertz CT molecular complexity index is 927. The minimum absolute atomic E-state index is 0.256. The van der Waals surface area contributed by atoms with Crippen LogP contribution in [0.15, 0.2) is 48.5 Å². The van der Waals surface area contributed by atoms with E-state index in [1.807, 2.05) is 12.1 Å². The molecule has 0 amide bonds. The van der Waals surface area contributed by atoms with Gasteiger partial charge in [-0.2, -0.15) is 0 Å². The van der Waals surface area contributed by atoms with Gasteiger partial charge in [-0.25, -0.2) is 0 Å². The van der Waals surface area contributed by atoms with Crippen molar-refractivity contribution in [2.24, 2.45) is 0 Å². The van der Waals surface area contributed by atoms with E-state index in [1.54, 1.807) is 26.2 Å². The van der Waals surface area contributed by atoms with Crippen LogP contribution in [-0.4, -0.2) is 23.9 Å². The first kappa shape index (κ1) is 16.9. The number of methoxy groups -OCH3 is 1. The van der Waals surface area contributed by atoms with E-state index in [1.165, 1.54) is 16.7 Å².